The van der Waals surface area contributed by atoms with Gasteiger partial charge in [0, 0.05) is 26.2 Å². The molecule has 0 aliphatic carbocycles. The average Bonchev–Trinajstić information content (AvgIpc) is 3.15. The lowest BCUT2D eigenvalue weighted by Gasteiger charge is -2.25. The number of hydrogen-bond donors (Lipinski definition) is 0. The fraction of sp³-hybridized carbons (Fsp3) is 0.217. The Bertz CT molecular complexity index is 831. The number of benzene rings is 3. The number of rotatable bonds is 4. The molecule has 3 aromatic rings. The Labute approximate surface area is 155 Å². The van der Waals surface area contributed by atoms with E-state index in [2.05, 4.69) is 96.9 Å². The monoisotopic (exact) mass is 344 g/mol. The molecule has 3 heteroatoms. The second-order valence-corrected chi connectivity index (χ2v) is 6.90. The molecule has 3 aromatic carbocycles. The molecule has 0 bridgehead atoms. The summed E-state index contributed by atoms with van der Waals surface area (Å²) in [6, 6.07) is 29.8. The number of nitrogens with zero attached hydrogens (tertiary/aromatic N) is 2. The number of para-hydroxylation sites is 1. The highest BCUT2D eigenvalue weighted by molar-refractivity contribution is 5.51. The fourth-order valence-electron chi connectivity index (χ4n) is 3.50. The predicted molar refractivity (Wildman–Crippen MR) is 107 cm³/mol. The van der Waals surface area contributed by atoms with Crippen molar-refractivity contribution >= 4 is 11.4 Å². The molecule has 1 aliphatic heterocycles. The van der Waals surface area contributed by atoms with Gasteiger partial charge in [-0.05, 0) is 35.4 Å². The first-order valence-electron chi connectivity index (χ1n) is 9.05. The molecule has 4 rings (SSSR count). The third-order valence-corrected chi connectivity index (χ3v) is 4.94. The van der Waals surface area contributed by atoms with Gasteiger partial charge in [0.2, 0.25) is 0 Å². The van der Waals surface area contributed by atoms with Crippen LogP contribution in [-0.2, 0) is 4.84 Å². The van der Waals surface area contributed by atoms with Gasteiger partial charge >= 0.3 is 0 Å². The quantitative estimate of drug-likeness (QED) is 0.632. The Morgan fingerprint density at radius 1 is 0.769 bits per heavy atom. The van der Waals surface area contributed by atoms with Crippen LogP contribution < -0.4 is 9.96 Å². The minimum Gasteiger partial charge on any atom is -0.378 e. The second kappa shape index (κ2) is 7.22. The van der Waals surface area contributed by atoms with Crippen LogP contribution in [0.4, 0.5) is 11.4 Å². The summed E-state index contributed by atoms with van der Waals surface area (Å²) in [6.45, 7) is 0. The zero-order valence-electron chi connectivity index (χ0n) is 15.2. The summed E-state index contributed by atoms with van der Waals surface area (Å²) >= 11 is 0. The maximum atomic E-state index is 6.40. The van der Waals surface area contributed by atoms with E-state index < -0.39 is 0 Å². The van der Waals surface area contributed by atoms with E-state index in [-0.39, 0.29) is 12.1 Å². The molecule has 1 saturated heterocycles. The molecule has 26 heavy (non-hydrogen) atoms. The van der Waals surface area contributed by atoms with Crippen molar-refractivity contribution in [1.82, 2.24) is 0 Å². The largest absolute Gasteiger partial charge is 0.378 e. The van der Waals surface area contributed by atoms with Crippen molar-refractivity contribution in [2.45, 2.75) is 18.6 Å². The Balaban J connectivity index is 1.67. The van der Waals surface area contributed by atoms with Crippen molar-refractivity contribution in [2.24, 2.45) is 0 Å². The van der Waals surface area contributed by atoms with Crippen LogP contribution in [0.25, 0.3) is 0 Å². The summed E-state index contributed by atoms with van der Waals surface area (Å²) in [4.78, 5) is 8.52. The molecular weight excluding hydrogens is 320 g/mol. The van der Waals surface area contributed by atoms with Crippen LogP contribution in [0.3, 0.4) is 0 Å². The van der Waals surface area contributed by atoms with Crippen molar-refractivity contribution in [2.75, 3.05) is 24.1 Å². The van der Waals surface area contributed by atoms with Gasteiger partial charge in [-0.25, -0.2) is 5.06 Å². The smallest absolute Gasteiger partial charge is 0.113 e. The maximum Gasteiger partial charge on any atom is 0.113 e. The van der Waals surface area contributed by atoms with E-state index in [1.165, 1.54) is 16.8 Å². The van der Waals surface area contributed by atoms with Crippen molar-refractivity contribution < 1.29 is 4.84 Å². The van der Waals surface area contributed by atoms with E-state index in [0.29, 0.717) is 0 Å². The molecule has 0 N–H and O–H groups in total. The summed E-state index contributed by atoms with van der Waals surface area (Å²) in [6.07, 6.45) is 0.996. The summed E-state index contributed by atoms with van der Waals surface area (Å²) < 4.78 is 0. The molecule has 1 aliphatic rings. The molecule has 0 amide bonds. The molecule has 0 radical (unpaired) electrons. The van der Waals surface area contributed by atoms with Crippen LogP contribution in [0, 0.1) is 0 Å². The first-order valence-corrected chi connectivity index (χ1v) is 9.05. The number of hydrogen-bond acceptors (Lipinski definition) is 3. The maximum absolute atomic E-state index is 6.40. The Morgan fingerprint density at radius 2 is 1.38 bits per heavy atom. The van der Waals surface area contributed by atoms with Crippen molar-refractivity contribution in [3.05, 3.63) is 96.1 Å². The summed E-state index contributed by atoms with van der Waals surface area (Å²) in [5, 5.41) is 2.07. The van der Waals surface area contributed by atoms with Gasteiger partial charge in [-0.15, -0.1) is 0 Å². The average molecular weight is 344 g/mol. The van der Waals surface area contributed by atoms with Gasteiger partial charge in [0.25, 0.3) is 0 Å². The molecule has 0 saturated carbocycles. The van der Waals surface area contributed by atoms with Crippen LogP contribution in [0.2, 0.25) is 0 Å². The lowest BCUT2D eigenvalue weighted by atomic mass is 9.97. The minimum absolute atomic E-state index is 0.0648. The molecule has 2 atom stereocenters. The van der Waals surface area contributed by atoms with Crippen LogP contribution in [0.15, 0.2) is 84.9 Å². The molecular formula is C23H24N2O. The van der Waals surface area contributed by atoms with E-state index in [0.717, 1.165) is 12.1 Å². The van der Waals surface area contributed by atoms with Crippen LogP contribution in [0.1, 0.15) is 29.7 Å². The SMILES string of the molecule is CN(C)c1ccc(C2CC(c3ccccc3)ON2c2ccccc2)cc1. The summed E-state index contributed by atoms with van der Waals surface area (Å²) in [7, 11) is 4.13. The zero-order chi connectivity index (χ0) is 17.9. The number of hydroxylamine groups is 1. The van der Waals surface area contributed by atoms with Gasteiger partial charge < -0.3 is 4.90 Å². The Hall–Kier alpha value is -2.78. The molecule has 2 unspecified atom stereocenters. The minimum atomic E-state index is 0.0648. The highest BCUT2D eigenvalue weighted by atomic mass is 16.7. The zero-order valence-corrected chi connectivity index (χ0v) is 15.2. The van der Waals surface area contributed by atoms with Crippen LogP contribution in [-0.4, -0.2) is 14.1 Å². The van der Waals surface area contributed by atoms with E-state index in [1.807, 2.05) is 12.1 Å². The summed E-state index contributed by atoms with van der Waals surface area (Å²) in [5.74, 6) is 0. The highest BCUT2D eigenvalue weighted by Gasteiger charge is 2.35. The molecule has 0 spiro atoms. The van der Waals surface area contributed by atoms with Gasteiger partial charge in [-0.2, -0.15) is 0 Å². The first-order chi connectivity index (χ1) is 12.7. The van der Waals surface area contributed by atoms with E-state index in [1.54, 1.807) is 0 Å². The second-order valence-electron chi connectivity index (χ2n) is 6.90. The normalized spacial score (nSPS) is 19.5. The topological polar surface area (TPSA) is 15.7 Å². The van der Waals surface area contributed by atoms with Crippen LogP contribution in [0.5, 0.6) is 0 Å². The standard InChI is InChI=1S/C23H24N2O/c1-24(2)20-15-13-18(14-16-20)22-17-23(19-9-5-3-6-10-19)26-25(22)21-11-7-4-8-12-21/h3-16,22-23H,17H2,1-2H3. The third-order valence-electron chi connectivity index (χ3n) is 4.94. The lowest BCUT2D eigenvalue weighted by Crippen LogP contribution is -2.21. The van der Waals surface area contributed by atoms with Gasteiger partial charge in [0.05, 0.1) is 11.7 Å². The van der Waals surface area contributed by atoms with Crippen molar-refractivity contribution in [3.63, 3.8) is 0 Å². The van der Waals surface area contributed by atoms with Crippen LogP contribution >= 0.6 is 0 Å². The molecule has 0 aromatic heterocycles. The van der Waals surface area contributed by atoms with Gasteiger partial charge in [0.1, 0.15) is 6.10 Å². The summed E-state index contributed by atoms with van der Waals surface area (Å²) in [5.41, 5.74) is 4.80. The molecule has 3 nitrogen and oxygen atoms in total. The van der Waals surface area contributed by atoms with Gasteiger partial charge in [0.15, 0.2) is 0 Å². The number of anilines is 2. The Kier molecular flexibility index (Phi) is 4.63. The van der Waals surface area contributed by atoms with Gasteiger partial charge in [-0.3, -0.25) is 4.84 Å². The molecule has 132 valence electrons. The van der Waals surface area contributed by atoms with E-state index in [9.17, 15) is 0 Å². The molecule has 1 fully saturated rings. The first kappa shape index (κ1) is 16.7. The van der Waals surface area contributed by atoms with E-state index in [4.69, 9.17) is 4.84 Å². The highest BCUT2D eigenvalue weighted by Crippen LogP contribution is 2.44. The van der Waals surface area contributed by atoms with Gasteiger partial charge in [-0.1, -0.05) is 60.7 Å². The Morgan fingerprint density at radius 3 is 2.00 bits per heavy atom. The predicted octanol–water partition coefficient (Wildman–Crippen LogP) is 5.38. The third kappa shape index (κ3) is 3.31. The lowest BCUT2D eigenvalue weighted by molar-refractivity contribution is 0.0836. The van der Waals surface area contributed by atoms with E-state index >= 15 is 0 Å². The molecule has 1 heterocycles. The van der Waals surface area contributed by atoms with Crippen molar-refractivity contribution in [1.29, 1.82) is 0 Å². The fourth-order valence-corrected chi connectivity index (χ4v) is 3.50. The van der Waals surface area contributed by atoms with Crippen molar-refractivity contribution in [3.8, 4) is 0 Å².